The second kappa shape index (κ2) is 13.5. The van der Waals surface area contributed by atoms with Crippen LogP contribution >= 0.6 is 0 Å². The SMILES string of the molecule is CNC.CNC(=O)c1ccc(C(C)(C)C)cc1C.COCCN1Cc2ccccc2C(F)(F)C1. The maximum atomic E-state index is 13.8. The number of carbonyl (C=O) groups is 1. The van der Waals surface area contributed by atoms with Crippen molar-refractivity contribution in [2.75, 3.05) is 47.9 Å². The average Bonchev–Trinajstić information content (AvgIpc) is 2.77. The molecule has 5 nitrogen and oxygen atoms in total. The number of ether oxygens (including phenoxy) is 1. The first kappa shape index (κ1) is 29.7. The van der Waals surface area contributed by atoms with Crippen molar-refractivity contribution in [2.45, 2.75) is 45.6 Å². The Morgan fingerprint density at radius 3 is 2.26 bits per heavy atom. The summed E-state index contributed by atoms with van der Waals surface area (Å²) in [5.74, 6) is -2.77. The summed E-state index contributed by atoms with van der Waals surface area (Å²) in [5, 5.41) is 5.39. The predicted octanol–water partition coefficient (Wildman–Crippen LogP) is 4.73. The number of carbonyl (C=O) groups excluding carboxylic acids is 1. The summed E-state index contributed by atoms with van der Waals surface area (Å²) in [7, 11) is 6.98. The van der Waals surface area contributed by atoms with Crippen LogP contribution in [0.25, 0.3) is 0 Å². The first-order chi connectivity index (χ1) is 15.9. The summed E-state index contributed by atoms with van der Waals surface area (Å²) in [6.45, 7) is 9.87. The van der Waals surface area contributed by atoms with Gasteiger partial charge in [-0.2, -0.15) is 8.78 Å². The highest BCUT2D eigenvalue weighted by atomic mass is 19.3. The van der Waals surface area contributed by atoms with Crippen LogP contribution < -0.4 is 10.6 Å². The second-order valence-corrected chi connectivity index (χ2v) is 9.42. The van der Waals surface area contributed by atoms with E-state index in [2.05, 4.69) is 37.5 Å². The zero-order valence-electron chi connectivity index (χ0n) is 21.9. The van der Waals surface area contributed by atoms with Gasteiger partial charge >= 0.3 is 0 Å². The van der Waals surface area contributed by atoms with Gasteiger partial charge in [0.1, 0.15) is 0 Å². The van der Waals surface area contributed by atoms with Gasteiger partial charge in [-0.15, -0.1) is 0 Å². The molecular formula is C27H41F2N3O2. The Morgan fingerprint density at radius 1 is 1.12 bits per heavy atom. The molecule has 2 N–H and O–H groups in total. The summed E-state index contributed by atoms with van der Waals surface area (Å²) in [6.07, 6.45) is 0. The van der Waals surface area contributed by atoms with Gasteiger partial charge in [-0.1, -0.05) is 57.2 Å². The third-order valence-electron chi connectivity index (χ3n) is 5.40. The van der Waals surface area contributed by atoms with Crippen molar-refractivity contribution >= 4 is 5.91 Å². The lowest BCUT2D eigenvalue weighted by Gasteiger charge is -2.34. The Bertz CT molecular complexity index is 911. The fourth-order valence-corrected chi connectivity index (χ4v) is 3.58. The number of fused-ring (bicyclic) bond motifs is 1. The van der Waals surface area contributed by atoms with Gasteiger partial charge < -0.3 is 15.4 Å². The van der Waals surface area contributed by atoms with E-state index in [4.69, 9.17) is 4.74 Å². The topological polar surface area (TPSA) is 53.6 Å². The van der Waals surface area contributed by atoms with E-state index in [1.54, 1.807) is 37.3 Å². The minimum atomic E-state index is -2.75. The molecule has 0 aliphatic carbocycles. The van der Waals surface area contributed by atoms with Gasteiger partial charge in [0.05, 0.1) is 13.2 Å². The molecular weight excluding hydrogens is 436 g/mol. The van der Waals surface area contributed by atoms with Crippen molar-refractivity contribution in [1.82, 2.24) is 15.5 Å². The Balaban J connectivity index is 0.000000306. The monoisotopic (exact) mass is 477 g/mol. The van der Waals surface area contributed by atoms with E-state index in [0.29, 0.717) is 19.7 Å². The molecule has 0 unspecified atom stereocenters. The lowest BCUT2D eigenvalue weighted by Crippen LogP contribution is -2.41. The molecule has 0 fully saturated rings. The molecule has 2 aromatic carbocycles. The highest BCUT2D eigenvalue weighted by Crippen LogP contribution is 2.36. The van der Waals surface area contributed by atoms with Crippen LogP contribution in [0.1, 0.15) is 53.4 Å². The quantitative estimate of drug-likeness (QED) is 0.669. The van der Waals surface area contributed by atoms with Crippen LogP contribution in [0.3, 0.4) is 0 Å². The molecule has 0 saturated heterocycles. The molecule has 0 radical (unpaired) electrons. The number of methoxy groups -OCH3 is 1. The van der Waals surface area contributed by atoms with Crippen molar-refractivity contribution in [3.8, 4) is 0 Å². The van der Waals surface area contributed by atoms with Gasteiger partial charge in [0.2, 0.25) is 0 Å². The molecule has 190 valence electrons. The molecule has 0 bridgehead atoms. The molecule has 1 aliphatic rings. The van der Waals surface area contributed by atoms with Crippen molar-refractivity contribution in [2.24, 2.45) is 0 Å². The maximum Gasteiger partial charge on any atom is 0.285 e. The Labute approximate surface area is 203 Å². The van der Waals surface area contributed by atoms with E-state index in [1.165, 1.54) is 11.6 Å². The van der Waals surface area contributed by atoms with E-state index < -0.39 is 5.92 Å². The molecule has 0 spiro atoms. The van der Waals surface area contributed by atoms with E-state index in [0.717, 1.165) is 16.7 Å². The number of amides is 1. The van der Waals surface area contributed by atoms with Crippen molar-refractivity contribution in [3.05, 3.63) is 70.3 Å². The van der Waals surface area contributed by atoms with Gasteiger partial charge in [0.15, 0.2) is 0 Å². The number of nitrogens with one attached hydrogen (secondary N) is 2. The highest BCUT2D eigenvalue weighted by molar-refractivity contribution is 5.95. The van der Waals surface area contributed by atoms with Gasteiger partial charge in [-0.25, -0.2) is 0 Å². The molecule has 1 heterocycles. The van der Waals surface area contributed by atoms with Crippen LogP contribution in [0.4, 0.5) is 8.78 Å². The van der Waals surface area contributed by atoms with Crippen molar-refractivity contribution in [1.29, 1.82) is 0 Å². The van der Waals surface area contributed by atoms with E-state index in [1.807, 2.05) is 33.2 Å². The minimum Gasteiger partial charge on any atom is -0.383 e. The maximum absolute atomic E-state index is 13.8. The van der Waals surface area contributed by atoms with Crippen molar-refractivity contribution < 1.29 is 18.3 Å². The number of hydrogen-bond donors (Lipinski definition) is 2. The zero-order valence-corrected chi connectivity index (χ0v) is 21.9. The van der Waals surface area contributed by atoms with Crippen LogP contribution in [0.5, 0.6) is 0 Å². The Hall–Kier alpha value is -2.35. The molecule has 3 rings (SSSR count). The number of hydrogen-bond acceptors (Lipinski definition) is 4. The zero-order chi connectivity index (χ0) is 25.9. The average molecular weight is 478 g/mol. The molecule has 34 heavy (non-hydrogen) atoms. The summed E-state index contributed by atoms with van der Waals surface area (Å²) >= 11 is 0. The Kier molecular flexibility index (Phi) is 11.8. The first-order valence-electron chi connectivity index (χ1n) is 11.5. The molecule has 0 saturated carbocycles. The minimum absolute atomic E-state index is 0.0204. The summed E-state index contributed by atoms with van der Waals surface area (Å²) in [5.41, 5.74) is 4.06. The van der Waals surface area contributed by atoms with Gasteiger partial charge in [-0.05, 0) is 49.2 Å². The fourth-order valence-electron chi connectivity index (χ4n) is 3.58. The smallest absolute Gasteiger partial charge is 0.285 e. The summed E-state index contributed by atoms with van der Waals surface area (Å²) < 4.78 is 32.5. The van der Waals surface area contributed by atoms with Crippen LogP contribution in [-0.2, 0) is 22.6 Å². The fraction of sp³-hybridized carbons (Fsp3) is 0.519. The largest absolute Gasteiger partial charge is 0.383 e. The van der Waals surface area contributed by atoms with E-state index in [9.17, 15) is 13.6 Å². The number of aryl methyl sites for hydroxylation is 1. The second-order valence-electron chi connectivity index (χ2n) is 9.42. The molecule has 0 aromatic heterocycles. The first-order valence-corrected chi connectivity index (χ1v) is 11.5. The van der Waals surface area contributed by atoms with Crippen molar-refractivity contribution in [3.63, 3.8) is 0 Å². The number of alkyl halides is 2. The third kappa shape index (κ3) is 8.78. The van der Waals surface area contributed by atoms with E-state index in [-0.39, 0.29) is 23.4 Å². The summed E-state index contributed by atoms with van der Waals surface area (Å²) in [6, 6.07) is 12.8. The van der Waals surface area contributed by atoms with Gasteiger partial charge in [-0.3, -0.25) is 9.69 Å². The van der Waals surface area contributed by atoms with Gasteiger partial charge in [0, 0.05) is 38.4 Å². The Morgan fingerprint density at radius 2 is 1.74 bits per heavy atom. The number of benzene rings is 2. The van der Waals surface area contributed by atoms with Crippen LogP contribution in [-0.4, -0.2) is 58.8 Å². The number of nitrogens with zero attached hydrogens (tertiary/aromatic N) is 1. The number of rotatable bonds is 4. The van der Waals surface area contributed by atoms with Crippen LogP contribution in [0.2, 0.25) is 0 Å². The summed E-state index contributed by atoms with van der Waals surface area (Å²) in [4.78, 5) is 13.2. The van der Waals surface area contributed by atoms with E-state index >= 15 is 0 Å². The molecule has 7 heteroatoms. The van der Waals surface area contributed by atoms with Crippen LogP contribution in [0, 0.1) is 6.92 Å². The lowest BCUT2D eigenvalue weighted by atomic mass is 9.85. The molecule has 0 atom stereocenters. The lowest BCUT2D eigenvalue weighted by molar-refractivity contribution is -0.0560. The number of halogens is 2. The highest BCUT2D eigenvalue weighted by Gasteiger charge is 2.39. The van der Waals surface area contributed by atoms with Gasteiger partial charge in [0.25, 0.3) is 11.8 Å². The normalized spacial score (nSPS) is 14.6. The molecule has 2 aromatic rings. The standard InChI is InChI=1S/C13H19NO.C12H15F2NO.C2H7N/c1-9-8-10(13(2,3)4)6-7-11(9)12(15)14-5;1-16-7-6-15-8-10-4-2-3-5-11(10)12(13,14)9-15;1-3-2/h6-8H,1-5H3,(H,14,15);2-5H,6-9H2,1H3;3H,1-2H3. The van der Waals surface area contributed by atoms with Crippen LogP contribution in [0.15, 0.2) is 42.5 Å². The molecule has 1 amide bonds. The third-order valence-corrected chi connectivity index (χ3v) is 5.40. The molecule has 1 aliphatic heterocycles. The predicted molar refractivity (Wildman–Crippen MR) is 136 cm³/mol.